The highest BCUT2D eigenvalue weighted by molar-refractivity contribution is 5.78. The zero-order chi connectivity index (χ0) is 14.3. The highest BCUT2D eigenvalue weighted by atomic mass is 19.1. The summed E-state index contributed by atoms with van der Waals surface area (Å²) in [6.07, 6.45) is 0.989. The van der Waals surface area contributed by atoms with Crippen molar-refractivity contribution in [2.75, 3.05) is 13.1 Å². The Morgan fingerprint density at radius 3 is 2.74 bits per heavy atom. The molecule has 0 saturated carbocycles. The first-order valence-corrected chi connectivity index (χ1v) is 6.82. The Hall–Kier alpha value is -1.42. The van der Waals surface area contributed by atoms with Crippen LogP contribution in [0.25, 0.3) is 0 Å². The largest absolute Gasteiger partial charge is 0.338 e. The van der Waals surface area contributed by atoms with Crippen molar-refractivity contribution in [1.82, 2.24) is 10.2 Å². The first-order chi connectivity index (χ1) is 9.06. The van der Waals surface area contributed by atoms with E-state index in [4.69, 9.17) is 0 Å². The molecule has 106 valence electrons. The number of carbonyl (C=O) groups excluding carboxylic acids is 1. The molecule has 0 aliphatic heterocycles. The van der Waals surface area contributed by atoms with Crippen LogP contribution in [0.5, 0.6) is 0 Å². The van der Waals surface area contributed by atoms with Gasteiger partial charge < -0.3 is 10.2 Å². The van der Waals surface area contributed by atoms with Crippen LogP contribution in [0.1, 0.15) is 32.8 Å². The Morgan fingerprint density at radius 2 is 2.16 bits per heavy atom. The normalized spacial score (nSPS) is 12.2. The quantitative estimate of drug-likeness (QED) is 0.822. The second-order valence-corrected chi connectivity index (χ2v) is 4.73. The van der Waals surface area contributed by atoms with Gasteiger partial charge in [0.25, 0.3) is 0 Å². The molecule has 1 rings (SSSR count). The van der Waals surface area contributed by atoms with Crippen LogP contribution >= 0.6 is 0 Å². The van der Waals surface area contributed by atoms with Crippen LogP contribution in [-0.4, -0.2) is 29.9 Å². The molecule has 0 radical (unpaired) electrons. The molecule has 0 fully saturated rings. The van der Waals surface area contributed by atoms with Gasteiger partial charge >= 0.3 is 0 Å². The third-order valence-corrected chi connectivity index (χ3v) is 3.21. The van der Waals surface area contributed by atoms with Crippen LogP contribution in [0.2, 0.25) is 0 Å². The molecule has 0 saturated heterocycles. The Labute approximate surface area is 114 Å². The van der Waals surface area contributed by atoms with E-state index in [9.17, 15) is 9.18 Å². The maximum Gasteiger partial charge on any atom is 0.236 e. The molecule has 0 bridgehead atoms. The number of nitrogens with one attached hydrogen (secondary N) is 1. The second kappa shape index (κ2) is 7.89. The van der Waals surface area contributed by atoms with Crippen molar-refractivity contribution in [2.24, 2.45) is 0 Å². The maximum atomic E-state index is 13.1. The highest BCUT2D eigenvalue weighted by Gasteiger charge is 2.12. The molecular formula is C15H23FN2O. The third-order valence-electron chi connectivity index (χ3n) is 3.21. The molecule has 1 aromatic carbocycles. The van der Waals surface area contributed by atoms with E-state index in [1.54, 1.807) is 11.0 Å². The van der Waals surface area contributed by atoms with Gasteiger partial charge in [0.05, 0.1) is 6.54 Å². The van der Waals surface area contributed by atoms with Crippen LogP contribution in [0, 0.1) is 5.82 Å². The van der Waals surface area contributed by atoms with Crippen molar-refractivity contribution in [3.05, 3.63) is 35.6 Å². The van der Waals surface area contributed by atoms with Gasteiger partial charge in [-0.1, -0.05) is 19.1 Å². The first-order valence-electron chi connectivity index (χ1n) is 6.82. The molecule has 1 aromatic rings. The average molecular weight is 266 g/mol. The minimum Gasteiger partial charge on any atom is -0.338 e. The monoisotopic (exact) mass is 266 g/mol. The molecule has 0 aliphatic carbocycles. The van der Waals surface area contributed by atoms with Crippen molar-refractivity contribution in [3.63, 3.8) is 0 Å². The molecule has 1 amide bonds. The van der Waals surface area contributed by atoms with E-state index < -0.39 is 0 Å². The molecule has 19 heavy (non-hydrogen) atoms. The van der Waals surface area contributed by atoms with E-state index in [0.717, 1.165) is 12.0 Å². The second-order valence-electron chi connectivity index (χ2n) is 4.73. The van der Waals surface area contributed by atoms with Crippen LogP contribution in [0.15, 0.2) is 24.3 Å². The molecule has 0 aromatic heterocycles. The summed E-state index contributed by atoms with van der Waals surface area (Å²) in [5, 5.41) is 3.18. The smallest absolute Gasteiger partial charge is 0.236 e. The molecule has 0 heterocycles. The predicted octanol–water partition coefficient (Wildman–Crippen LogP) is 2.56. The van der Waals surface area contributed by atoms with Gasteiger partial charge in [-0.3, -0.25) is 4.79 Å². The lowest BCUT2D eigenvalue weighted by Gasteiger charge is -2.22. The Kier molecular flexibility index (Phi) is 6.50. The Morgan fingerprint density at radius 1 is 1.42 bits per heavy atom. The number of nitrogens with zero attached hydrogens (tertiary/aromatic N) is 1. The summed E-state index contributed by atoms with van der Waals surface area (Å²) in [5.41, 5.74) is 0.818. The fourth-order valence-corrected chi connectivity index (χ4v) is 1.75. The lowest BCUT2D eigenvalue weighted by Crippen LogP contribution is -2.40. The summed E-state index contributed by atoms with van der Waals surface area (Å²) in [5.74, 6) is -0.217. The average Bonchev–Trinajstić information content (AvgIpc) is 2.41. The van der Waals surface area contributed by atoms with Crippen molar-refractivity contribution in [1.29, 1.82) is 0 Å². The van der Waals surface area contributed by atoms with Gasteiger partial charge in [0.2, 0.25) is 5.91 Å². The fraction of sp³-hybridized carbons (Fsp3) is 0.533. The number of likely N-dealkylation sites (N-methyl/N-ethyl adjacent to an activating group) is 1. The number of benzene rings is 1. The molecule has 0 spiro atoms. The molecule has 1 N–H and O–H groups in total. The van der Waals surface area contributed by atoms with Gasteiger partial charge in [-0.2, -0.15) is 0 Å². The zero-order valence-electron chi connectivity index (χ0n) is 11.9. The Bertz CT molecular complexity index is 409. The number of amides is 1. The van der Waals surface area contributed by atoms with Gasteiger partial charge in [0.15, 0.2) is 0 Å². The fourth-order valence-electron chi connectivity index (χ4n) is 1.75. The van der Waals surface area contributed by atoms with E-state index in [1.165, 1.54) is 12.1 Å². The minimum absolute atomic E-state index is 0.0482. The number of halogens is 1. The number of carbonyl (C=O) groups is 1. The summed E-state index contributed by atoms with van der Waals surface area (Å²) in [6.45, 7) is 7.47. The molecule has 0 aliphatic rings. The standard InChI is InChI=1S/C15H23FN2O/c1-4-12(3)17-10-15(19)18(5-2)11-13-7-6-8-14(16)9-13/h6-9,12,17H,4-5,10-11H2,1-3H3. The highest BCUT2D eigenvalue weighted by Crippen LogP contribution is 2.07. The van der Waals surface area contributed by atoms with Crippen LogP contribution in [-0.2, 0) is 11.3 Å². The summed E-state index contributed by atoms with van der Waals surface area (Å²) in [4.78, 5) is 13.8. The summed E-state index contributed by atoms with van der Waals surface area (Å²) < 4.78 is 13.1. The van der Waals surface area contributed by atoms with Crippen molar-refractivity contribution < 1.29 is 9.18 Å². The predicted molar refractivity (Wildman–Crippen MR) is 75.2 cm³/mol. The summed E-state index contributed by atoms with van der Waals surface area (Å²) in [6, 6.07) is 6.71. The summed E-state index contributed by atoms with van der Waals surface area (Å²) in [7, 11) is 0. The van der Waals surface area contributed by atoms with Crippen LogP contribution in [0.4, 0.5) is 4.39 Å². The van der Waals surface area contributed by atoms with E-state index in [0.29, 0.717) is 25.7 Å². The summed E-state index contributed by atoms with van der Waals surface area (Å²) >= 11 is 0. The van der Waals surface area contributed by atoms with E-state index >= 15 is 0 Å². The molecular weight excluding hydrogens is 243 g/mol. The molecule has 1 unspecified atom stereocenters. The van der Waals surface area contributed by atoms with Crippen molar-refractivity contribution in [3.8, 4) is 0 Å². The molecule has 1 atom stereocenters. The topological polar surface area (TPSA) is 32.3 Å². The number of rotatable bonds is 7. The van der Waals surface area contributed by atoms with E-state index in [1.807, 2.05) is 13.0 Å². The van der Waals surface area contributed by atoms with Crippen molar-refractivity contribution in [2.45, 2.75) is 39.8 Å². The maximum absolute atomic E-state index is 13.1. The number of hydrogen-bond donors (Lipinski definition) is 1. The van der Waals surface area contributed by atoms with Gasteiger partial charge in [0.1, 0.15) is 5.82 Å². The van der Waals surface area contributed by atoms with Crippen molar-refractivity contribution >= 4 is 5.91 Å². The number of hydrogen-bond acceptors (Lipinski definition) is 2. The first kappa shape index (κ1) is 15.6. The van der Waals surface area contributed by atoms with Crippen LogP contribution < -0.4 is 5.32 Å². The van der Waals surface area contributed by atoms with Gasteiger partial charge in [-0.05, 0) is 38.0 Å². The van der Waals surface area contributed by atoms with E-state index in [2.05, 4.69) is 19.2 Å². The molecule has 3 nitrogen and oxygen atoms in total. The lowest BCUT2D eigenvalue weighted by molar-refractivity contribution is -0.130. The van der Waals surface area contributed by atoms with Gasteiger partial charge in [0, 0.05) is 19.1 Å². The minimum atomic E-state index is -0.265. The Balaban J connectivity index is 2.55. The SMILES string of the molecule is CCC(C)NCC(=O)N(CC)Cc1cccc(F)c1. The van der Waals surface area contributed by atoms with Crippen LogP contribution in [0.3, 0.4) is 0 Å². The van der Waals surface area contributed by atoms with E-state index in [-0.39, 0.29) is 11.7 Å². The molecule has 4 heteroatoms. The van der Waals surface area contributed by atoms with Gasteiger partial charge in [-0.25, -0.2) is 4.39 Å². The van der Waals surface area contributed by atoms with Gasteiger partial charge in [-0.15, -0.1) is 0 Å². The third kappa shape index (κ3) is 5.39. The zero-order valence-corrected chi connectivity index (χ0v) is 11.9. The lowest BCUT2D eigenvalue weighted by atomic mass is 10.2.